The fourth-order valence-electron chi connectivity index (χ4n) is 4.22. The predicted molar refractivity (Wildman–Crippen MR) is 134 cm³/mol. The van der Waals surface area contributed by atoms with Gasteiger partial charge in [-0.25, -0.2) is 13.2 Å². The minimum atomic E-state index is -4.68. The van der Waals surface area contributed by atoms with Gasteiger partial charge in [0.2, 0.25) is 0 Å². The van der Waals surface area contributed by atoms with Crippen LogP contribution in [0.3, 0.4) is 0 Å². The number of alkyl halides is 3. The molecule has 0 fully saturated rings. The highest BCUT2D eigenvalue weighted by Crippen LogP contribution is 2.37. The predicted octanol–water partition coefficient (Wildman–Crippen LogP) is 6.51. The first-order chi connectivity index (χ1) is 17.1. The van der Waals surface area contributed by atoms with E-state index in [2.05, 4.69) is 4.72 Å². The second kappa shape index (κ2) is 10.9. The van der Waals surface area contributed by atoms with Crippen molar-refractivity contribution in [2.45, 2.75) is 89.3 Å². The Kier molecular flexibility index (Phi) is 8.51. The smallest absolute Gasteiger partial charge is 0.416 e. The number of halogens is 3. The van der Waals surface area contributed by atoms with E-state index in [1.807, 2.05) is 6.08 Å². The number of rotatable bonds is 7. The maximum Gasteiger partial charge on any atom is 0.416 e. The van der Waals surface area contributed by atoms with Crippen molar-refractivity contribution in [2.24, 2.45) is 0 Å². The molecule has 0 spiro atoms. The van der Waals surface area contributed by atoms with E-state index >= 15 is 0 Å². The van der Waals surface area contributed by atoms with Crippen molar-refractivity contribution in [3.8, 4) is 0 Å². The third-order valence-electron chi connectivity index (χ3n) is 5.95. The summed E-state index contributed by atoms with van der Waals surface area (Å²) >= 11 is 0. The van der Waals surface area contributed by atoms with Gasteiger partial charge in [-0.3, -0.25) is 4.72 Å². The molecule has 0 atom stereocenters. The summed E-state index contributed by atoms with van der Waals surface area (Å²) < 4.78 is 80.8. The monoisotopic (exact) mass is 541 g/mol. The lowest BCUT2D eigenvalue weighted by Gasteiger charge is -2.23. The number of carbonyl (C=O) groups is 1. The fourth-order valence-corrected chi connectivity index (χ4v) is 5.44. The molecule has 1 aromatic carbocycles. The van der Waals surface area contributed by atoms with Gasteiger partial charge < -0.3 is 9.47 Å². The fraction of sp³-hybridized carbons (Fsp3) is 0.519. The number of carbonyl (C=O) groups excluding carboxylic acids is 1. The summed E-state index contributed by atoms with van der Waals surface area (Å²) in [6.45, 7) is 8.41. The highest BCUT2D eigenvalue weighted by Gasteiger charge is 2.33. The highest BCUT2D eigenvalue weighted by atomic mass is 32.2. The average molecular weight is 542 g/mol. The molecule has 1 N–H and O–H groups in total. The molecule has 0 unspecified atom stereocenters. The van der Waals surface area contributed by atoms with E-state index in [0.717, 1.165) is 18.1 Å². The van der Waals surface area contributed by atoms with Crippen LogP contribution in [0.1, 0.15) is 83.8 Å². The molecule has 6 nitrogen and oxygen atoms in total. The van der Waals surface area contributed by atoms with E-state index in [9.17, 15) is 26.4 Å². The molecule has 204 valence electrons. The molecule has 37 heavy (non-hydrogen) atoms. The molecular formula is C27H34F3NO5S. The Morgan fingerprint density at radius 1 is 1.08 bits per heavy atom. The quantitative estimate of drug-likeness (QED) is 0.398. The maximum absolute atomic E-state index is 13.5. The summed E-state index contributed by atoms with van der Waals surface area (Å²) in [5, 5.41) is 0. The standard InChI is InChI=1S/C27H34F3NO5S/c1-17(2)18-13-19(27(28,29)30)15-20(14-18)37(33,34)31-23-11-7-6-9-22-21(23)10-8-12-24(22)35-16-25(32)36-26(3,4)5/h8,10,13-15,17,31H,6-7,9,11-12,16H2,1-5H3. The van der Waals surface area contributed by atoms with E-state index < -0.39 is 38.2 Å². The van der Waals surface area contributed by atoms with Crippen LogP contribution in [0.2, 0.25) is 0 Å². The van der Waals surface area contributed by atoms with Crippen LogP contribution in [0.4, 0.5) is 13.2 Å². The lowest BCUT2D eigenvalue weighted by molar-refractivity contribution is -0.158. The van der Waals surface area contributed by atoms with Crippen molar-refractivity contribution in [3.05, 3.63) is 64.1 Å². The first-order valence-corrected chi connectivity index (χ1v) is 13.8. The third kappa shape index (κ3) is 7.63. The van der Waals surface area contributed by atoms with Gasteiger partial charge in [0.1, 0.15) is 11.4 Å². The van der Waals surface area contributed by atoms with Crippen LogP contribution in [0, 0.1) is 0 Å². The second-order valence-corrected chi connectivity index (χ2v) is 12.2. The number of benzene rings is 1. The molecular weight excluding hydrogens is 507 g/mol. The van der Waals surface area contributed by atoms with E-state index in [0.29, 0.717) is 48.8 Å². The van der Waals surface area contributed by atoms with Crippen LogP contribution in [0.25, 0.3) is 0 Å². The molecule has 1 aromatic rings. The van der Waals surface area contributed by atoms with Gasteiger partial charge in [-0.15, -0.1) is 0 Å². The van der Waals surface area contributed by atoms with Crippen LogP contribution < -0.4 is 4.72 Å². The van der Waals surface area contributed by atoms with Crippen LogP contribution >= 0.6 is 0 Å². The van der Waals surface area contributed by atoms with Gasteiger partial charge in [0, 0.05) is 17.7 Å². The molecule has 10 heteroatoms. The summed E-state index contributed by atoms with van der Waals surface area (Å²) in [5.41, 5.74) is 0.432. The zero-order chi connectivity index (χ0) is 27.6. The van der Waals surface area contributed by atoms with Gasteiger partial charge in [-0.2, -0.15) is 13.2 Å². The summed E-state index contributed by atoms with van der Waals surface area (Å²) in [5.74, 6) is -0.250. The molecule has 3 rings (SSSR count). The minimum Gasteiger partial charge on any atom is -0.486 e. The summed E-state index contributed by atoms with van der Waals surface area (Å²) in [7, 11) is -4.31. The van der Waals surface area contributed by atoms with Gasteiger partial charge >= 0.3 is 12.1 Å². The number of allylic oxidation sites excluding steroid dienone is 5. The van der Waals surface area contributed by atoms with E-state index in [-0.39, 0.29) is 18.1 Å². The molecule has 0 radical (unpaired) electrons. The number of ether oxygens (including phenoxy) is 2. The van der Waals surface area contributed by atoms with Gasteiger partial charge in [-0.05, 0) is 81.7 Å². The van der Waals surface area contributed by atoms with Crippen molar-refractivity contribution >= 4 is 16.0 Å². The maximum atomic E-state index is 13.5. The SMILES string of the molecule is CC(C)c1cc(C(F)(F)F)cc(S(=O)(=O)NC2=C3C=CCC(OCC(=O)OC(C)(C)C)=C3CCCC2)c1. The van der Waals surface area contributed by atoms with Crippen molar-refractivity contribution in [1.82, 2.24) is 4.72 Å². The Morgan fingerprint density at radius 2 is 1.76 bits per heavy atom. The highest BCUT2D eigenvalue weighted by molar-refractivity contribution is 7.89. The Hall–Kier alpha value is -2.75. The van der Waals surface area contributed by atoms with Gasteiger partial charge in [-0.1, -0.05) is 26.0 Å². The van der Waals surface area contributed by atoms with Crippen molar-refractivity contribution < 1.29 is 35.9 Å². The van der Waals surface area contributed by atoms with E-state index in [4.69, 9.17) is 9.47 Å². The third-order valence-corrected chi connectivity index (χ3v) is 7.32. The first kappa shape index (κ1) is 28.8. The van der Waals surface area contributed by atoms with Gasteiger partial charge in [0.15, 0.2) is 6.61 Å². The van der Waals surface area contributed by atoms with Gasteiger partial charge in [0.05, 0.1) is 10.5 Å². The molecule has 0 heterocycles. The topological polar surface area (TPSA) is 81.7 Å². The van der Waals surface area contributed by atoms with Crippen molar-refractivity contribution in [3.63, 3.8) is 0 Å². The number of esters is 1. The van der Waals surface area contributed by atoms with Crippen LogP contribution in [-0.2, 0) is 30.5 Å². The zero-order valence-corrected chi connectivity index (χ0v) is 22.6. The van der Waals surface area contributed by atoms with Crippen molar-refractivity contribution in [1.29, 1.82) is 0 Å². The molecule has 0 bridgehead atoms. The molecule has 0 aliphatic heterocycles. The molecule has 0 saturated heterocycles. The summed E-state index contributed by atoms with van der Waals surface area (Å²) in [6, 6.07) is 2.93. The minimum absolute atomic E-state index is 0.277. The van der Waals surface area contributed by atoms with E-state index in [1.165, 1.54) is 6.07 Å². The van der Waals surface area contributed by atoms with Gasteiger partial charge in [0.25, 0.3) is 10.0 Å². The number of hydrogen-bond donors (Lipinski definition) is 1. The van der Waals surface area contributed by atoms with Crippen LogP contribution in [-0.4, -0.2) is 26.6 Å². The number of nitrogens with one attached hydrogen (secondary N) is 1. The normalized spacial score (nSPS) is 17.0. The lowest BCUT2D eigenvalue weighted by atomic mass is 9.94. The Bertz CT molecular complexity index is 1240. The summed E-state index contributed by atoms with van der Waals surface area (Å²) in [4.78, 5) is 11.7. The zero-order valence-electron chi connectivity index (χ0n) is 21.8. The largest absolute Gasteiger partial charge is 0.486 e. The Balaban J connectivity index is 1.95. The van der Waals surface area contributed by atoms with Crippen molar-refractivity contribution in [2.75, 3.05) is 6.61 Å². The molecule has 0 amide bonds. The van der Waals surface area contributed by atoms with Crippen LogP contribution in [0.15, 0.2) is 57.8 Å². The molecule has 2 aliphatic carbocycles. The number of fused-ring (bicyclic) bond motifs is 1. The molecule has 0 saturated carbocycles. The molecule has 0 aromatic heterocycles. The second-order valence-electron chi connectivity index (χ2n) is 10.5. The Labute approximate surface area is 216 Å². The first-order valence-electron chi connectivity index (χ1n) is 12.3. The van der Waals surface area contributed by atoms with Crippen LogP contribution in [0.5, 0.6) is 0 Å². The number of sulfonamides is 1. The molecule has 2 aliphatic rings. The Morgan fingerprint density at radius 3 is 2.38 bits per heavy atom. The average Bonchev–Trinajstić information content (AvgIpc) is 2.98. The number of hydrogen-bond acceptors (Lipinski definition) is 5. The lowest BCUT2D eigenvalue weighted by Crippen LogP contribution is -2.27. The summed E-state index contributed by atoms with van der Waals surface area (Å²) in [6.07, 6.45) is 1.83. The van der Waals surface area contributed by atoms with E-state index in [1.54, 1.807) is 40.7 Å².